The number of methoxy groups -OCH3 is 1. The van der Waals surface area contributed by atoms with Crippen LogP contribution in [0.1, 0.15) is 31.9 Å². The van der Waals surface area contributed by atoms with E-state index < -0.39 is 23.4 Å². The number of benzene rings is 1. The van der Waals surface area contributed by atoms with Gasteiger partial charge in [-0.05, 0) is 19.9 Å². The van der Waals surface area contributed by atoms with E-state index in [0.29, 0.717) is 18.6 Å². The van der Waals surface area contributed by atoms with Crippen molar-refractivity contribution >= 4 is 6.03 Å². The van der Waals surface area contributed by atoms with Crippen LogP contribution in [0.4, 0.5) is 13.6 Å². The van der Waals surface area contributed by atoms with Gasteiger partial charge in [0.25, 0.3) is 0 Å². The number of hydrogen-bond donors (Lipinski definition) is 1. The van der Waals surface area contributed by atoms with E-state index in [0.717, 1.165) is 6.07 Å². The molecule has 7 heteroatoms. The number of nitrogens with one attached hydrogen (secondary N) is 1. The number of halogens is 2. The highest BCUT2D eigenvalue weighted by Crippen LogP contribution is 2.46. The molecule has 0 spiro atoms. The summed E-state index contributed by atoms with van der Waals surface area (Å²) in [7, 11) is 1.54. The van der Waals surface area contributed by atoms with Crippen LogP contribution in [0.25, 0.3) is 0 Å². The van der Waals surface area contributed by atoms with E-state index >= 15 is 0 Å². The van der Waals surface area contributed by atoms with Gasteiger partial charge in [0.05, 0.1) is 18.7 Å². The van der Waals surface area contributed by atoms with Crippen LogP contribution in [0.15, 0.2) is 12.1 Å². The zero-order valence-electron chi connectivity index (χ0n) is 12.7. The molecule has 0 radical (unpaired) electrons. The largest absolute Gasteiger partial charge is 0.465 e. The molecule has 1 fully saturated rings. The van der Waals surface area contributed by atoms with Crippen molar-refractivity contribution in [3.05, 3.63) is 29.3 Å². The number of carbonyl (C=O) groups is 1. The summed E-state index contributed by atoms with van der Waals surface area (Å²) in [4.78, 5) is 13.9. The van der Waals surface area contributed by atoms with Crippen molar-refractivity contribution in [1.82, 2.24) is 10.2 Å². The van der Waals surface area contributed by atoms with Gasteiger partial charge in [-0.3, -0.25) is 4.90 Å². The molecule has 1 saturated heterocycles. The maximum Gasteiger partial charge on any atom is 0.321 e. The van der Waals surface area contributed by atoms with Gasteiger partial charge in [-0.15, -0.1) is 0 Å². The smallest absolute Gasteiger partial charge is 0.321 e. The van der Waals surface area contributed by atoms with Gasteiger partial charge in [0.1, 0.15) is 5.82 Å². The van der Waals surface area contributed by atoms with Crippen LogP contribution in [-0.2, 0) is 4.74 Å². The third kappa shape index (κ3) is 2.20. The summed E-state index contributed by atoms with van der Waals surface area (Å²) in [5.74, 6) is -1.45. The normalized spacial score (nSPS) is 27.8. The van der Waals surface area contributed by atoms with Gasteiger partial charge < -0.3 is 14.8 Å². The van der Waals surface area contributed by atoms with Crippen LogP contribution in [0.5, 0.6) is 5.75 Å². The number of fused-ring (bicyclic) bond motifs is 4. The van der Waals surface area contributed by atoms with Gasteiger partial charge in [-0.2, -0.15) is 0 Å². The number of amides is 2. The van der Waals surface area contributed by atoms with Crippen molar-refractivity contribution in [3.8, 4) is 5.75 Å². The lowest BCUT2D eigenvalue weighted by Gasteiger charge is -2.52. The molecule has 120 valence electrons. The molecule has 2 heterocycles. The monoisotopic (exact) mass is 312 g/mol. The Balaban J connectivity index is 2.04. The Labute approximate surface area is 127 Å². The quantitative estimate of drug-likeness (QED) is 0.933. The van der Waals surface area contributed by atoms with E-state index in [1.807, 2.05) is 6.92 Å². The van der Waals surface area contributed by atoms with Gasteiger partial charge in [0.2, 0.25) is 0 Å². The molecule has 0 aromatic heterocycles. The molecule has 2 bridgehead atoms. The zero-order valence-corrected chi connectivity index (χ0v) is 12.7. The van der Waals surface area contributed by atoms with E-state index in [1.54, 1.807) is 14.0 Å². The molecule has 3 atom stereocenters. The van der Waals surface area contributed by atoms with Crippen molar-refractivity contribution in [2.24, 2.45) is 0 Å². The predicted molar refractivity (Wildman–Crippen MR) is 74.5 cm³/mol. The lowest BCUT2D eigenvalue weighted by Crippen LogP contribution is -2.67. The van der Waals surface area contributed by atoms with Crippen molar-refractivity contribution in [3.63, 3.8) is 0 Å². The van der Waals surface area contributed by atoms with Gasteiger partial charge in [0, 0.05) is 25.2 Å². The predicted octanol–water partition coefficient (Wildman–Crippen LogP) is 2.56. The topological polar surface area (TPSA) is 50.8 Å². The molecule has 22 heavy (non-hydrogen) atoms. The van der Waals surface area contributed by atoms with Crippen LogP contribution >= 0.6 is 0 Å². The number of urea groups is 1. The van der Waals surface area contributed by atoms with Crippen molar-refractivity contribution < 1.29 is 23.0 Å². The number of hydrogen-bond acceptors (Lipinski definition) is 3. The molecule has 1 N–H and O–H groups in total. The second-order valence-corrected chi connectivity index (χ2v) is 5.96. The molecule has 2 aliphatic rings. The second kappa shape index (κ2) is 5.08. The third-order valence-corrected chi connectivity index (χ3v) is 4.19. The first-order valence-corrected chi connectivity index (χ1v) is 7.12. The maximum atomic E-state index is 14.1. The molecule has 0 aliphatic carbocycles. The van der Waals surface area contributed by atoms with Crippen LogP contribution in [0, 0.1) is 11.6 Å². The Morgan fingerprint density at radius 1 is 1.55 bits per heavy atom. The van der Waals surface area contributed by atoms with E-state index in [9.17, 15) is 13.6 Å². The number of rotatable bonds is 3. The first-order chi connectivity index (χ1) is 10.4. The minimum absolute atomic E-state index is 0.00485. The Hall–Kier alpha value is -1.89. The van der Waals surface area contributed by atoms with Crippen LogP contribution in [-0.4, -0.2) is 36.4 Å². The molecule has 1 aromatic rings. The molecular formula is C15H18F2N2O3. The summed E-state index contributed by atoms with van der Waals surface area (Å²) in [6, 6.07) is 0.933. The zero-order chi connectivity index (χ0) is 16.1. The Kier molecular flexibility index (Phi) is 3.47. The number of ether oxygens (including phenoxy) is 2. The van der Waals surface area contributed by atoms with E-state index in [2.05, 4.69) is 5.32 Å². The van der Waals surface area contributed by atoms with Gasteiger partial charge >= 0.3 is 6.03 Å². The summed E-state index contributed by atoms with van der Waals surface area (Å²) < 4.78 is 38.4. The second-order valence-electron chi connectivity index (χ2n) is 5.96. The minimum Gasteiger partial charge on any atom is -0.465 e. The lowest BCUT2D eigenvalue weighted by atomic mass is 9.89. The first-order valence-electron chi connectivity index (χ1n) is 7.12. The average molecular weight is 312 g/mol. The Morgan fingerprint density at radius 3 is 2.95 bits per heavy atom. The van der Waals surface area contributed by atoms with Crippen LogP contribution in [0.2, 0.25) is 0 Å². The van der Waals surface area contributed by atoms with E-state index in [4.69, 9.17) is 9.47 Å². The molecule has 0 saturated carbocycles. The maximum absolute atomic E-state index is 14.1. The molecule has 5 nitrogen and oxygen atoms in total. The van der Waals surface area contributed by atoms with Crippen LogP contribution in [0.3, 0.4) is 0 Å². The highest BCUT2D eigenvalue weighted by Gasteiger charge is 2.51. The molecule has 2 amide bonds. The summed E-state index contributed by atoms with van der Waals surface area (Å²) >= 11 is 0. The van der Waals surface area contributed by atoms with E-state index in [-0.39, 0.29) is 17.8 Å². The van der Waals surface area contributed by atoms with Crippen molar-refractivity contribution in [1.29, 1.82) is 0 Å². The molecular weight excluding hydrogens is 294 g/mol. The van der Waals surface area contributed by atoms with Crippen molar-refractivity contribution in [2.75, 3.05) is 13.7 Å². The summed E-state index contributed by atoms with van der Waals surface area (Å²) in [6.45, 7) is 3.89. The fourth-order valence-electron chi connectivity index (χ4n) is 3.39. The first kappa shape index (κ1) is 15.0. The minimum atomic E-state index is -1.00. The fourth-order valence-corrected chi connectivity index (χ4v) is 3.39. The Morgan fingerprint density at radius 2 is 2.27 bits per heavy atom. The number of carbonyl (C=O) groups excluding carboxylic acids is 1. The molecule has 3 unspecified atom stereocenters. The van der Waals surface area contributed by atoms with Gasteiger partial charge in [-0.25, -0.2) is 13.6 Å². The molecule has 1 aromatic carbocycles. The summed E-state index contributed by atoms with van der Waals surface area (Å²) in [5.41, 5.74) is -0.668. The Bertz CT molecular complexity index is 625. The highest BCUT2D eigenvalue weighted by molar-refractivity contribution is 5.77. The lowest BCUT2D eigenvalue weighted by molar-refractivity contribution is -0.109. The van der Waals surface area contributed by atoms with Crippen molar-refractivity contribution in [2.45, 2.75) is 38.1 Å². The standard InChI is InChI=1S/C15H18F2N2O3/c1-8(7-21-3)19-14(20)18-12-6-15(19,2)22-13-10(12)4-9(16)5-11(13)17/h4-5,8,12H,6-7H2,1-3H3,(H,18,20). The molecule has 2 aliphatic heterocycles. The van der Waals surface area contributed by atoms with Gasteiger partial charge in [0.15, 0.2) is 17.3 Å². The van der Waals surface area contributed by atoms with Crippen LogP contribution < -0.4 is 10.1 Å². The summed E-state index contributed by atoms with van der Waals surface area (Å²) in [5, 5.41) is 2.79. The SMILES string of the molecule is COCC(C)N1C(=O)NC2CC1(C)Oc1c(F)cc(F)cc12. The number of nitrogens with zero attached hydrogens (tertiary/aromatic N) is 1. The third-order valence-electron chi connectivity index (χ3n) is 4.19. The average Bonchev–Trinajstić information content (AvgIpc) is 2.40. The fraction of sp³-hybridized carbons (Fsp3) is 0.533. The highest BCUT2D eigenvalue weighted by atomic mass is 19.1. The summed E-state index contributed by atoms with van der Waals surface area (Å²) in [6.07, 6.45) is 0.405. The van der Waals surface area contributed by atoms with E-state index in [1.165, 1.54) is 11.0 Å². The van der Waals surface area contributed by atoms with Gasteiger partial charge in [-0.1, -0.05) is 0 Å². The molecule has 3 rings (SSSR count).